The first kappa shape index (κ1) is 19.7. The predicted octanol–water partition coefficient (Wildman–Crippen LogP) is 3.71. The third kappa shape index (κ3) is 3.95. The molecule has 2 N–H and O–H groups in total. The van der Waals surface area contributed by atoms with Crippen LogP contribution in [0.15, 0.2) is 24.3 Å². The van der Waals surface area contributed by atoms with Gasteiger partial charge in [-0.2, -0.15) is 13.2 Å². The topological polar surface area (TPSA) is 76.0 Å². The van der Waals surface area contributed by atoms with Crippen LogP contribution in [0.25, 0.3) is 11.0 Å². The van der Waals surface area contributed by atoms with E-state index in [0.29, 0.717) is 11.8 Å². The maximum Gasteiger partial charge on any atom is 0.449 e. The van der Waals surface area contributed by atoms with E-state index in [1.165, 1.54) is 31.4 Å². The monoisotopic (exact) mass is 408 g/mol. The number of nitrogens with one attached hydrogen (secondary N) is 2. The molecule has 0 aliphatic heterocycles. The van der Waals surface area contributed by atoms with Crippen LogP contribution < -0.4 is 10.6 Å². The van der Waals surface area contributed by atoms with Crippen LogP contribution in [-0.4, -0.2) is 27.5 Å². The van der Waals surface area contributed by atoms with Crippen molar-refractivity contribution in [1.29, 1.82) is 0 Å². The summed E-state index contributed by atoms with van der Waals surface area (Å²) in [4.78, 5) is 28.1. The molecule has 3 amide bonds. The van der Waals surface area contributed by atoms with E-state index < -0.39 is 30.5 Å². The first-order chi connectivity index (χ1) is 13.7. The molecule has 2 aromatic rings. The lowest BCUT2D eigenvalue weighted by molar-refractivity contribution is -0.147. The summed E-state index contributed by atoms with van der Waals surface area (Å²) in [5.41, 5.74) is 0.327. The summed E-state index contributed by atoms with van der Waals surface area (Å²) in [6.07, 6.45) is -0.00611. The summed E-state index contributed by atoms with van der Waals surface area (Å²) in [7, 11) is 0. The average molecular weight is 408 g/mol. The summed E-state index contributed by atoms with van der Waals surface area (Å²) in [5.74, 6) is -0.253. The highest BCUT2D eigenvalue weighted by Crippen LogP contribution is 2.49. The van der Waals surface area contributed by atoms with Crippen molar-refractivity contribution >= 4 is 23.0 Å². The molecule has 0 radical (unpaired) electrons. The first-order valence-corrected chi connectivity index (χ1v) is 9.85. The van der Waals surface area contributed by atoms with E-state index in [1.54, 1.807) is 12.1 Å². The van der Waals surface area contributed by atoms with Crippen LogP contribution in [0, 0.1) is 17.8 Å². The van der Waals surface area contributed by atoms with Crippen molar-refractivity contribution in [2.24, 2.45) is 17.8 Å². The van der Waals surface area contributed by atoms with Crippen LogP contribution in [0.1, 0.15) is 38.4 Å². The van der Waals surface area contributed by atoms with Gasteiger partial charge >= 0.3 is 12.2 Å². The number of halogens is 3. The molecule has 6 nitrogen and oxygen atoms in total. The molecule has 1 heterocycles. The molecule has 2 fully saturated rings. The lowest BCUT2D eigenvalue weighted by atomic mass is 9.84. The summed E-state index contributed by atoms with van der Waals surface area (Å²) in [5, 5.41) is 4.94. The molecule has 1 aromatic carbocycles. The molecule has 9 heteroatoms. The van der Waals surface area contributed by atoms with Crippen molar-refractivity contribution in [3.63, 3.8) is 0 Å². The highest BCUT2D eigenvalue weighted by molar-refractivity contribution is 5.95. The number of amides is 3. The number of hydrogen-bond donors (Lipinski definition) is 2. The largest absolute Gasteiger partial charge is 0.449 e. The number of carbonyl (C=O) groups is 2. The lowest BCUT2D eigenvalue weighted by Crippen LogP contribution is -2.47. The van der Waals surface area contributed by atoms with E-state index in [-0.39, 0.29) is 17.1 Å². The normalized spacial score (nSPS) is 24.6. The van der Waals surface area contributed by atoms with Gasteiger partial charge in [0.2, 0.25) is 11.7 Å². The molecule has 0 saturated heterocycles. The third-order valence-electron chi connectivity index (χ3n) is 6.26. The van der Waals surface area contributed by atoms with Crippen LogP contribution in [-0.2, 0) is 17.5 Å². The number of rotatable bonds is 4. The van der Waals surface area contributed by atoms with Crippen molar-refractivity contribution in [1.82, 2.24) is 20.2 Å². The maximum atomic E-state index is 13.3. The van der Waals surface area contributed by atoms with Crippen LogP contribution in [0.5, 0.6) is 0 Å². The Labute approximate surface area is 165 Å². The van der Waals surface area contributed by atoms with E-state index >= 15 is 0 Å². The Morgan fingerprint density at radius 2 is 2.00 bits per heavy atom. The number of hydrogen-bond acceptors (Lipinski definition) is 3. The number of urea groups is 1. The number of carbonyl (C=O) groups excluding carboxylic acids is 2. The molecule has 4 atom stereocenters. The quantitative estimate of drug-likeness (QED) is 0.810. The molecule has 0 unspecified atom stereocenters. The Bertz CT molecular complexity index is 939. The minimum Gasteiger partial charge on any atom is -0.335 e. The molecule has 2 bridgehead atoms. The molecule has 156 valence electrons. The van der Waals surface area contributed by atoms with E-state index in [4.69, 9.17) is 0 Å². The summed E-state index contributed by atoms with van der Waals surface area (Å²) < 4.78 is 40.8. The Kier molecular flexibility index (Phi) is 5.00. The first-order valence-electron chi connectivity index (χ1n) is 9.85. The standard InChI is InChI=1S/C20H23F3N4O2/c1-11(14-9-12-6-7-13(14)8-12)24-19(29)26-17(28)10-27-16-5-3-2-4-15(16)25-18(27)20(21,22)23/h2-5,11-14H,6-10H2,1H3,(H2,24,26,28,29)/t11-,12+,13+,14+/m1/s1. The molecular weight excluding hydrogens is 385 g/mol. The van der Waals surface area contributed by atoms with Gasteiger partial charge in [0.05, 0.1) is 11.0 Å². The van der Waals surface area contributed by atoms with Gasteiger partial charge in [-0.3, -0.25) is 10.1 Å². The van der Waals surface area contributed by atoms with Crippen LogP contribution in [0.3, 0.4) is 0 Å². The number of para-hydroxylation sites is 2. The molecule has 2 aliphatic carbocycles. The van der Waals surface area contributed by atoms with Crippen molar-refractivity contribution in [3.05, 3.63) is 30.1 Å². The van der Waals surface area contributed by atoms with E-state index in [2.05, 4.69) is 15.6 Å². The van der Waals surface area contributed by atoms with Gasteiger partial charge in [0, 0.05) is 6.04 Å². The second kappa shape index (κ2) is 7.35. The predicted molar refractivity (Wildman–Crippen MR) is 99.8 cm³/mol. The SMILES string of the molecule is C[C@@H](NC(=O)NC(=O)Cn1c(C(F)(F)F)nc2ccccc21)[C@@H]1C[C@H]2CC[C@H]1C2. The number of fused-ring (bicyclic) bond motifs is 3. The molecule has 2 saturated carbocycles. The number of alkyl halides is 3. The molecule has 29 heavy (non-hydrogen) atoms. The van der Waals surface area contributed by atoms with Gasteiger partial charge in [-0.1, -0.05) is 18.6 Å². The van der Waals surface area contributed by atoms with Gasteiger partial charge in [-0.25, -0.2) is 9.78 Å². The van der Waals surface area contributed by atoms with E-state index in [0.717, 1.165) is 16.9 Å². The highest BCUT2D eigenvalue weighted by Gasteiger charge is 2.42. The average Bonchev–Trinajstić information content (AvgIpc) is 3.35. The Morgan fingerprint density at radius 3 is 2.66 bits per heavy atom. The third-order valence-corrected chi connectivity index (χ3v) is 6.26. The van der Waals surface area contributed by atoms with Crippen LogP contribution >= 0.6 is 0 Å². The molecule has 0 spiro atoms. The van der Waals surface area contributed by atoms with Crippen molar-refractivity contribution in [2.75, 3.05) is 0 Å². The second-order valence-corrected chi connectivity index (χ2v) is 8.16. The highest BCUT2D eigenvalue weighted by atomic mass is 19.4. The Balaban J connectivity index is 1.41. The lowest BCUT2D eigenvalue weighted by Gasteiger charge is -2.28. The number of benzene rings is 1. The van der Waals surface area contributed by atoms with Gasteiger partial charge in [-0.15, -0.1) is 0 Å². The Hall–Kier alpha value is -2.58. The Morgan fingerprint density at radius 1 is 1.24 bits per heavy atom. The maximum absolute atomic E-state index is 13.3. The summed E-state index contributed by atoms with van der Waals surface area (Å²) >= 11 is 0. The second-order valence-electron chi connectivity index (χ2n) is 8.16. The fourth-order valence-corrected chi connectivity index (χ4v) is 5.02. The number of imidazole rings is 1. The van der Waals surface area contributed by atoms with Gasteiger partial charge in [-0.05, 0) is 56.1 Å². The molecular formula is C20H23F3N4O2. The zero-order chi connectivity index (χ0) is 20.8. The van der Waals surface area contributed by atoms with Gasteiger partial charge in [0.25, 0.3) is 0 Å². The molecule has 4 rings (SSSR count). The van der Waals surface area contributed by atoms with Crippen molar-refractivity contribution < 1.29 is 22.8 Å². The fraction of sp³-hybridized carbons (Fsp3) is 0.550. The minimum atomic E-state index is -4.71. The molecule has 2 aliphatic rings. The zero-order valence-corrected chi connectivity index (χ0v) is 16.0. The summed E-state index contributed by atoms with van der Waals surface area (Å²) in [6.45, 7) is 1.27. The van der Waals surface area contributed by atoms with Crippen LogP contribution in [0.2, 0.25) is 0 Å². The smallest absolute Gasteiger partial charge is 0.335 e. The molecule has 1 aromatic heterocycles. The van der Waals surface area contributed by atoms with Crippen molar-refractivity contribution in [2.45, 2.75) is 51.4 Å². The zero-order valence-electron chi connectivity index (χ0n) is 16.0. The minimum absolute atomic E-state index is 0.0853. The summed E-state index contributed by atoms with van der Waals surface area (Å²) in [6, 6.07) is 5.29. The van der Waals surface area contributed by atoms with E-state index in [9.17, 15) is 22.8 Å². The number of nitrogens with zero attached hydrogens (tertiary/aromatic N) is 2. The van der Waals surface area contributed by atoms with Gasteiger partial charge < -0.3 is 9.88 Å². The van der Waals surface area contributed by atoms with Crippen LogP contribution in [0.4, 0.5) is 18.0 Å². The van der Waals surface area contributed by atoms with Crippen molar-refractivity contribution in [3.8, 4) is 0 Å². The van der Waals surface area contributed by atoms with E-state index in [1.807, 2.05) is 6.92 Å². The number of imide groups is 1. The fourth-order valence-electron chi connectivity index (χ4n) is 5.02. The van der Waals surface area contributed by atoms with Gasteiger partial charge in [0.1, 0.15) is 6.54 Å². The number of aromatic nitrogens is 2. The van der Waals surface area contributed by atoms with Gasteiger partial charge in [0.15, 0.2) is 0 Å².